The lowest BCUT2D eigenvalue weighted by Gasteiger charge is -2.35. The third-order valence-corrected chi connectivity index (χ3v) is 6.38. The summed E-state index contributed by atoms with van der Waals surface area (Å²) in [7, 11) is 4.25. The van der Waals surface area contributed by atoms with E-state index < -0.39 is 5.82 Å². The highest BCUT2D eigenvalue weighted by molar-refractivity contribution is 9.10. The number of nitrogens with one attached hydrogen (secondary N) is 1. The van der Waals surface area contributed by atoms with Gasteiger partial charge in [-0.2, -0.15) is 0 Å². The van der Waals surface area contributed by atoms with Crippen molar-refractivity contribution in [2.45, 2.75) is 25.8 Å². The highest BCUT2D eigenvalue weighted by atomic mass is 79.9. The van der Waals surface area contributed by atoms with Gasteiger partial charge in [-0.15, -0.1) is 0 Å². The van der Waals surface area contributed by atoms with Crippen molar-refractivity contribution in [1.29, 1.82) is 0 Å². The average molecular weight is 516 g/mol. The summed E-state index contributed by atoms with van der Waals surface area (Å²) in [5.74, 6) is -0.134. The Kier molecular flexibility index (Phi) is 7.09. The molecule has 0 spiro atoms. The lowest BCUT2D eigenvalue weighted by molar-refractivity contribution is -0.118. The molecule has 174 valence electrons. The number of aromatic nitrogens is 2. The van der Waals surface area contributed by atoms with Crippen molar-refractivity contribution in [3.63, 3.8) is 0 Å². The molecule has 0 unspecified atom stereocenters. The minimum Gasteiger partial charge on any atom is -0.481 e. The smallest absolute Gasteiger partial charge is 0.262 e. The largest absolute Gasteiger partial charge is 0.481 e. The summed E-state index contributed by atoms with van der Waals surface area (Å²) in [6.07, 6.45) is 2.18. The second kappa shape index (κ2) is 10.0. The number of anilines is 2. The van der Waals surface area contributed by atoms with Crippen LogP contribution in [0.2, 0.25) is 0 Å². The van der Waals surface area contributed by atoms with Crippen molar-refractivity contribution in [2.75, 3.05) is 44.0 Å². The molecule has 2 aromatic carbocycles. The quantitative estimate of drug-likeness (QED) is 0.525. The van der Waals surface area contributed by atoms with Crippen LogP contribution >= 0.6 is 15.9 Å². The highest BCUT2D eigenvalue weighted by Crippen LogP contribution is 2.25. The molecule has 0 bridgehead atoms. The molecule has 1 N–H and O–H groups in total. The average Bonchev–Trinajstić information content (AvgIpc) is 2.79. The number of carbonyl (C=O) groups is 1. The number of aryl methyl sites for hydroxylation is 1. The van der Waals surface area contributed by atoms with E-state index in [4.69, 9.17) is 14.7 Å². The number of ether oxygens (including phenoxy) is 1. The van der Waals surface area contributed by atoms with Gasteiger partial charge in [0.1, 0.15) is 0 Å². The van der Waals surface area contributed by atoms with Gasteiger partial charge in [0.25, 0.3) is 5.91 Å². The number of hydrogen-bond acceptors (Lipinski definition) is 6. The minimum atomic E-state index is -0.530. The van der Waals surface area contributed by atoms with E-state index in [9.17, 15) is 9.18 Å². The normalized spacial score (nSPS) is 14.7. The Balaban J connectivity index is 1.42. The van der Waals surface area contributed by atoms with Crippen molar-refractivity contribution in [3.8, 4) is 5.75 Å². The molecule has 1 amide bonds. The van der Waals surface area contributed by atoms with Crippen molar-refractivity contribution in [3.05, 3.63) is 52.4 Å². The maximum absolute atomic E-state index is 13.9. The monoisotopic (exact) mass is 515 g/mol. The Bertz CT molecular complexity index is 1170. The van der Waals surface area contributed by atoms with Gasteiger partial charge in [-0.25, -0.2) is 14.4 Å². The van der Waals surface area contributed by atoms with Crippen molar-refractivity contribution >= 4 is 44.4 Å². The molecule has 9 heteroatoms. The number of halogens is 2. The van der Waals surface area contributed by atoms with Gasteiger partial charge in [0, 0.05) is 34.7 Å². The topological polar surface area (TPSA) is 70.6 Å². The van der Waals surface area contributed by atoms with E-state index in [0.29, 0.717) is 16.2 Å². The fraction of sp³-hybridized carbons (Fsp3) is 0.375. The van der Waals surface area contributed by atoms with Crippen molar-refractivity contribution in [2.24, 2.45) is 0 Å². The van der Waals surface area contributed by atoms with Gasteiger partial charge in [0.15, 0.2) is 18.2 Å². The van der Waals surface area contributed by atoms with E-state index in [1.807, 2.05) is 19.1 Å². The summed E-state index contributed by atoms with van der Waals surface area (Å²) >= 11 is 3.19. The molecule has 0 aliphatic carbocycles. The van der Waals surface area contributed by atoms with Crippen molar-refractivity contribution < 1.29 is 13.9 Å². The van der Waals surface area contributed by atoms with Crippen LogP contribution in [0.5, 0.6) is 5.75 Å². The number of rotatable bonds is 6. The van der Waals surface area contributed by atoms with E-state index in [0.717, 1.165) is 48.5 Å². The summed E-state index contributed by atoms with van der Waals surface area (Å²) in [5, 5.41) is 3.66. The highest BCUT2D eigenvalue weighted by Gasteiger charge is 2.23. The fourth-order valence-electron chi connectivity index (χ4n) is 4.00. The molecule has 4 rings (SSSR count). The predicted octanol–water partition coefficient (Wildman–Crippen LogP) is 4.39. The van der Waals surface area contributed by atoms with Crippen LogP contribution in [0.3, 0.4) is 0 Å². The third-order valence-electron chi connectivity index (χ3n) is 5.89. The third kappa shape index (κ3) is 5.59. The van der Waals surface area contributed by atoms with Crippen LogP contribution in [0.4, 0.5) is 16.0 Å². The van der Waals surface area contributed by atoms with Gasteiger partial charge in [-0.1, -0.05) is 15.9 Å². The molecule has 3 aromatic rings. The number of piperidine rings is 1. The zero-order chi connectivity index (χ0) is 23.5. The maximum atomic E-state index is 13.9. The summed E-state index contributed by atoms with van der Waals surface area (Å²) in [6, 6.07) is 10.5. The van der Waals surface area contributed by atoms with Gasteiger partial charge in [0.05, 0.1) is 11.2 Å². The zero-order valence-corrected chi connectivity index (χ0v) is 20.5. The SMILES string of the molecule is Cc1nc(N2CCC(N(C)C)CC2)nc2ccc(NC(=O)COc3ccc(Br)cc3F)cc12. The van der Waals surface area contributed by atoms with E-state index in [1.54, 1.807) is 12.1 Å². The molecule has 33 heavy (non-hydrogen) atoms. The van der Waals surface area contributed by atoms with Gasteiger partial charge in [0.2, 0.25) is 5.95 Å². The number of nitrogens with zero attached hydrogens (tertiary/aromatic N) is 4. The molecule has 1 aliphatic heterocycles. The number of hydrogen-bond donors (Lipinski definition) is 1. The first kappa shape index (κ1) is 23.4. The molecule has 1 aromatic heterocycles. The Hall–Kier alpha value is -2.78. The van der Waals surface area contributed by atoms with Gasteiger partial charge in [-0.3, -0.25) is 4.79 Å². The first-order chi connectivity index (χ1) is 15.8. The number of fused-ring (bicyclic) bond motifs is 1. The number of benzene rings is 2. The van der Waals surface area contributed by atoms with E-state index in [2.05, 4.69) is 45.1 Å². The Morgan fingerprint density at radius 3 is 2.67 bits per heavy atom. The van der Waals surface area contributed by atoms with Gasteiger partial charge >= 0.3 is 0 Å². The van der Waals surface area contributed by atoms with Crippen LogP contribution < -0.4 is 15.0 Å². The zero-order valence-electron chi connectivity index (χ0n) is 18.9. The van der Waals surface area contributed by atoms with E-state index >= 15 is 0 Å². The van der Waals surface area contributed by atoms with Crippen LogP contribution in [-0.4, -0.2) is 60.6 Å². The van der Waals surface area contributed by atoms with Gasteiger partial charge < -0.3 is 19.9 Å². The molecule has 1 saturated heterocycles. The van der Waals surface area contributed by atoms with Crippen LogP contribution in [0.15, 0.2) is 40.9 Å². The van der Waals surface area contributed by atoms with Crippen LogP contribution in [0.1, 0.15) is 18.5 Å². The molecule has 0 saturated carbocycles. The van der Waals surface area contributed by atoms with E-state index in [-0.39, 0.29) is 18.3 Å². The first-order valence-electron chi connectivity index (χ1n) is 10.9. The maximum Gasteiger partial charge on any atom is 0.262 e. The Labute approximate surface area is 201 Å². The number of carbonyl (C=O) groups excluding carboxylic acids is 1. The molecule has 2 heterocycles. The second-order valence-corrected chi connectivity index (χ2v) is 9.35. The summed E-state index contributed by atoms with van der Waals surface area (Å²) in [6.45, 7) is 3.51. The number of amides is 1. The first-order valence-corrected chi connectivity index (χ1v) is 11.7. The standard InChI is InChI=1S/C24H27BrFN5O2/c1-15-19-13-17(28-23(32)14-33-22-7-4-16(25)12-20(22)26)5-6-21(19)29-24(27-15)31-10-8-18(9-11-31)30(2)3/h4-7,12-13,18H,8-11,14H2,1-3H3,(H,28,32). The molecule has 1 aliphatic rings. The van der Waals surface area contributed by atoms with Crippen LogP contribution in [0.25, 0.3) is 10.9 Å². The van der Waals surface area contributed by atoms with Crippen LogP contribution in [0, 0.1) is 12.7 Å². The lowest BCUT2D eigenvalue weighted by Crippen LogP contribution is -2.42. The fourth-order valence-corrected chi connectivity index (χ4v) is 4.33. The van der Waals surface area contributed by atoms with E-state index in [1.165, 1.54) is 12.1 Å². The molecule has 1 fully saturated rings. The van der Waals surface area contributed by atoms with Crippen molar-refractivity contribution in [1.82, 2.24) is 14.9 Å². The Morgan fingerprint density at radius 2 is 1.97 bits per heavy atom. The van der Waals surface area contributed by atoms with Gasteiger partial charge in [-0.05, 0) is 70.3 Å². The molecular weight excluding hydrogens is 489 g/mol. The minimum absolute atomic E-state index is 0.0262. The molecule has 0 radical (unpaired) electrons. The molecule has 0 atom stereocenters. The molecular formula is C24H27BrFN5O2. The summed E-state index contributed by atoms with van der Waals surface area (Å²) < 4.78 is 19.8. The lowest BCUT2D eigenvalue weighted by atomic mass is 10.0. The molecule has 7 nitrogen and oxygen atoms in total. The second-order valence-electron chi connectivity index (χ2n) is 8.43. The summed E-state index contributed by atoms with van der Waals surface area (Å²) in [5.41, 5.74) is 2.30. The summed E-state index contributed by atoms with van der Waals surface area (Å²) in [4.78, 5) is 26.3. The van der Waals surface area contributed by atoms with Crippen LogP contribution in [-0.2, 0) is 4.79 Å². The Morgan fingerprint density at radius 1 is 1.21 bits per heavy atom. The predicted molar refractivity (Wildman–Crippen MR) is 131 cm³/mol.